The SMILES string of the molecule is COc1ccnc(-c2cccc(Cl)c2S(C)=O)c1. The smallest absolute Gasteiger partial charge is 0.122 e. The van der Waals surface area contributed by atoms with Gasteiger partial charge in [0.15, 0.2) is 0 Å². The topological polar surface area (TPSA) is 39.2 Å². The maximum Gasteiger partial charge on any atom is 0.122 e. The molecule has 1 atom stereocenters. The van der Waals surface area contributed by atoms with Gasteiger partial charge in [0, 0.05) is 24.1 Å². The summed E-state index contributed by atoms with van der Waals surface area (Å²) in [5.41, 5.74) is 1.46. The maximum atomic E-state index is 11.8. The molecule has 1 aromatic heterocycles. The second-order valence-corrected chi connectivity index (χ2v) is 5.38. The molecule has 0 saturated carbocycles. The fourth-order valence-electron chi connectivity index (χ4n) is 1.69. The number of rotatable bonds is 3. The highest BCUT2D eigenvalue weighted by molar-refractivity contribution is 7.84. The number of hydrogen-bond donors (Lipinski definition) is 0. The summed E-state index contributed by atoms with van der Waals surface area (Å²) in [7, 11) is 0.419. The summed E-state index contributed by atoms with van der Waals surface area (Å²) < 4.78 is 16.9. The average molecular weight is 282 g/mol. The molecule has 1 heterocycles. The van der Waals surface area contributed by atoms with Gasteiger partial charge >= 0.3 is 0 Å². The number of benzene rings is 1. The van der Waals surface area contributed by atoms with Crippen molar-refractivity contribution >= 4 is 22.4 Å². The number of nitrogens with zero attached hydrogens (tertiary/aromatic N) is 1. The van der Waals surface area contributed by atoms with Crippen LogP contribution in [0.15, 0.2) is 41.4 Å². The maximum absolute atomic E-state index is 11.8. The van der Waals surface area contributed by atoms with E-state index in [9.17, 15) is 4.21 Å². The summed E-state index contributed by atoms with van der Waals surface area (Å²) in [4.78, 5) is 4.87. The molecule has 0 spiro atoms. The highest BCUT2D eigenvalue weighted by atomic mass is 35.5. The largest absolute Gasteiger partial charge is 0.497 e. The zero-order valence-electron chi connectivity index (χ0n) is 10.0. The van der Waals surface area contributed by atoms with Crippen molar-refractivity contribution in [1.29, 1.82) is 0 Å². The van der Waals surface area contributed by atoms with Crippen LogP contribution in [0.4, 0.5) is 0 Å². The van der Waals surface area contributed by atoms with Crippen molar-refractivity contribution in [2.24, 2.45) is 0 Å². The molecule has 2 aromatic rings. The van der Waals surface area contributed by atoms with Crippen LogP contribution in [-0.2, 0) is 10.8 Å². The third-order valence-electron chi connectivity index (χ3n) is 2.50. The Balaban J connectivity index is 2.63. The molecule has 0 N–H and O–H groups in total. The normalized spacial score (nSPS) is 12.2. The first-order chi connectivity index (χ1) is 8.63. The van der Waals surface area contributed by atoms with E-state index in [1.807, 2.05) is 12.1 Å². The summed E-state index contributed by atoms with van der Waals surface area (Å²) in [6, 6.07) is 8.94. The van der Waals surface area contributed by atoms with Crippen molar-refractivity contribution in [2.45, 2.75) is 4.90 Å². The number of hydrogen-bond acceptors (Lipinski definition) is 3. The standard InChI is InChI=1S/C13H12ClNO2S/c1-17-9-6-7-15-12(8-9)10-4-3-5-11(14)13(10)18(2)16/h3-8H,1-2H3. The lowest BCUT2D eigenvalue weighted by atomic mass is 10.1. The number of pyridine rings is 1. The number of ether oxygens (including phenoxy) is 1. The predicted molar refractivity (Wildman–Crippen MR) is 73.6 cm³/mol. The molecule has 0 aliphatic carbocycles. The molecule has 1 aromatic carbocycles. The second-order valence-electron chi connectivity index (χ2n) is 3.65. The van der Waals surface area contributed by atoms with Gasteiger partial charge in [0.2, 0.25) is 0 Å². The summed E-state index contributed by atoms with van der Waals surface area (Å²) in [6.45, 7) is 0. The number of aromatic nitrogens is 1. The molecule has 0 radical (unpaired) electrons. The molecule has 0 amide bonds. The van der Waals surface area contributed by atoms with Gasteiger partial charge in [-0.05, 0) is 12.1 Å². The minimum absolute atomic E-state index is 0.484. The first-order valence-electron chi connectivity index (χ1n) is 5.26. The molecule has 2 rings (SSSR count). The molecule has 0 fully saturated rings. The van der Waals surface area contributed by atoms with Crippen molar-refractivity contribution in [2.75, 3.05) is 13.4 Å². The van der Waals surface area contributed by atoms with Gasteiger partial charge in [-0.2, -0.15) is 0 Å². The Morgan fingerprint density at radius 2 is 2.11 bits per heavy atom. The van der Waals surface area contributed by atoms with Gasteiger partial charge in [-0.15, -0.1) is 0 Å². The summed E-state index contributed by atoms with van der Waals surface area (Å²) in [6.07, 6.45) is 3.25. The van der Waals surface area contributed by atoms with Crippen LogP contribution in [0, 0.1) is 0 Å². The zero-order valence-corrected chi connectivity index (χ0v) is 11.6. The molecule has 3 nitrogen and oxygen atoms in total. The van der Waals surface area contributed by atoms with Crippen LogP contribution in [0.3, 0.4) is 0 Å². The molecule has 5 heteroatoms. The van der Waals surface area contributed by atoms with Crippen LogP contribution >= 0.6 is 11.6 Å². The molecule has 1 unspecified atom stereocenters. The molecule has 94 valence electrons. The van der Waals surface area contributed by atoms with Gasteiger partial charge in [-0.1, -0.05) is 23.7 Å². The number of methoxy groups -OCH3 is 1. The van der Waals surface area contributed by atoms with Crippen molar-refractivity contribution < 1.29 is 8.95 Å². The van der Waals surface area contributed by atoms with Crippen LogP contribution in [-0.4, -0.2) is 22.6 Å². The summed E-state index contributed by atoms with van der Waals surface area (Å²) in [5, 5.41) is 0.484. The van der Waals surface area contributed by atoms with Crippen LogP contribution in [0.1, 0.15) is 0 Å². The zero-order chi connectivity index (χ0) is 13.1. The molecular weight excluding hydrogens is 270 g/mol. The third-order valence-corrected chi connectivity index (χ3v) is 3.94. The van der Waals surface area contributed by atoms with Crippen LogP contribution in [0.25, 0.3) is 11.3 Å². The Hall–Kier alpha value is -1.39. The first-order valence-corrected chi connectivity index (χ1v) is 7.19. The van der Waals surface area contributed by atoms with Crippen molar-refractivity contribution in [3.8, 4) is 17.0 Å². The summed E-state index contributed by atoms with van der Waals surface area (Å²) in [5.74, 6) is 0.702. The Labute approximate surface area is 113 Å². The van der Waals surface area contributed by atoms with E-state index in [2.05, 4.69) is 4.98 Å². The molecule has 18 heavy (non-hydrogen) atoms. The van der Waals surface area contributed by atoms with Gasteiger partial charge in [0.1, 0.15) is 5.75 Å². The third kappa shape index (κ3) is 2.54. The molecule has 0 saturated heterocycles. The fourth-order valence-corrected chi connectivity index (χ4v) is 3.01. The average Bonchev–Trinajstić information content (AvgIpc) is 2.38. The monoisotopic (exact) mass is 281 g/mol. The van der Waals surface area contributed by atoms with Crippen molar-refractivity contribution in [3.05, 3.63) is 41.6 Å². The van der Waals surface area contributed by atoms with Gasteiger partial charge in [-0.25, -0.2) is 0 Å². The van der Waals surface area contributed by atoms with E-state index in [4.69, 9.17) is 16.3 Å². The van der Waals surface area contributed by atoms with Gasteiger partial charge < -0.3 is 4.74 Å². The van der Waals surface area contributed by atoms with Crippen LogP contribution < -0.4 is 4.74 Å². The Bertz CT molecular complexity index is 601. The number of halogens is 1. The highest BCUT2D eigenvalue weighted by Gasteiger charge is 2.13. The second kappa shape index (κ2) is 5.50. The quantitative estimate of drug-likeness (QED) is 0.867. The van der Waals surface area contributed by atoms with E-state index in [0.717, 1.165) is 5.56 Å². The first kappa shape index (κ1) is 13.1. The van der Waals surface area contributed by atoms with E-state index >= 15 is 0 Å². The minimum atomic E-state index is -1.17. The van der Waals surface area contributed by atoms with Gasteiger partial charge in [0.25, 0.3) is 0 Å². The van der Waals surface area contributed by atoms with Crippen LogP contribution in [0.2, 0.25) is 5.02 Å². The summed E-state index contributed by atoms with van der Waals surface area (Å²) >= 11 is 6.10. The fraction of sp³-hybridized carbons (Fsp3) is 0.154. The molecule has 0 aliphatic heterocycles. The van der Waals surface area contributed by atoms with E-state index in [0.29, 0.717) is 21.4 Å². The van der Waals surface area contributed by atoms with E-state index in [-0.39, 0.29) is 0 Å². The van der Waals surface area contributed by atoms with Gasteiger partial charge in [-0.3, -0.25) is 9.19 Å². The van der Waals surface area contributed by atoms with E-state index < -0.39 is 10.8 Å². The van der Waals surface area contributed by atoms with Gasteiger partial charge in [0.05, 0.1) is 33.5 Å². The highest BCUT2D eigenvalue weighted by Crippen LogP contribution is 2.31. The minimum Gasteiger partial charge on any atom is -0.497 e. The Kier molecular flexibility index (Phi) is 3.99. The van der Waals surface area contributed by atoms with Crippen LogP contribution in [0.5, 0.6) is 5.75 Å². The lowest BCUT2D eigenvalue weighted by molar-refractivity contribution is 0.414. The van der Waals surface area contributed by atoms with Crippen molar-refractivity contribution in [3.63, 3.8) is 0 Å². The molecule has 0 bridgehead atoms. The Morgan fingerprint density at radius 1 is 1.33 bits per heavy atom. The predicted octanol–water partition coefficient (Wildman–Crippen LogP) is 3.15. The molecular formula is C13H12ClNO2S. The Morgan fingerprint density at radius 3 is 2.78 bits per heavy atom. The van der Waals surface area contributed by atoms with E-state index in [1.165, 1.54) is 0 Å². The van der Waals surface area contributed by atoms with Crippen molar-refractivity contribution in [1.82, 2.24) is 4.98 Å². The molecule has 0 aliphatic rings. The van der Waals surface area contributed by atoms with E-state index in [1.54, 1.807) is 37.8 Å². The lowest BCUT2D eigenvalue weighted by Gasteiger charge is -2.09. The lowest BCUT2D eigenvalue weighted by Crippen LogP contribution is -1.95.